The van der Waals surface area contributed by atoms with E-state index in [0.29, 0.717) is 11.1 Å². The molecule has 2 rings (SSSR count). The molecule has 0 saturated heterocycles. The molecule has 2 heteroatoms. The molecule has 0 aromatic heterocycles. The lowest BCUT2D eigenvalue weighted by molar-refractivity contribution is 0.622. The van der Waals surface area contributed by atoms with Crippen LogP contribution in [0, 0.1) is 12.7 Å². The van der Waals surface area contributed by atoms with E-state index in [1.165, 1.54) is 0 Å². The van der Waals surface area contributed by atoms with Crippen LogP contribution >= 0.6 is 15.9 Å². The SMILES string of the molecule is Cc1cccc(-c2ccccc2Br)c1F. The van der Waals surface area contributed by atoms with Gasteiger partial charge in [-0.2, -0.15) is 0 Å². The fourth-order valence-corrected chi connectivity index (χ4v) is 2.03. The maximum Gasteiger partial charge on any atom is 0.133 e. The van der Waals surface area contributed by atoms with Gasteiger partial charge in [0.05, 0.1) is 0 Å². The smallest absolute Gasteiger partial charge is 0.133 e. The Morgan fingerprint density at radius 1 is 0.933 bits per heavy atom. The van der Waals surface area contributed by atoms with Gasteiger partial charge in [0.2, 0.25) is 0 Å². The summed E-state index contributed by atoms with van der Waals surface area (Å²) in [6, 6.07) is 13.1. The maximum absolute atomic E-state index is 13.8. The van der Waals surface area contributed by atoms with Crippen molar-refractivity contribution in [3.05, 3.63) is 58.3 Å². The van der Waals surface area contributed by atoms with Crippen molar-refractivity contribution in [1.29, 1.82) is 0 Å². The molecule has 15 heavy (non-hydrogen) atoms. The number of hydrogen-bond acceptors (Lipinski definition) is 0. The third-order valence-electron chi connectivity index (χ3n) is 2.36. The zero-order valence-corrected chi connectivity index (χ0v) is 9.88. The summed E-state index contributed by atoms with van der Waals surface area (Å²) in [6.07, 6.45) is 0. The third kappa shape index (κ3) is 1.95. The summed E-state index contributed by atoms with van der Waals surface area (Å²) < 4.78 is 14.8. The zero-order valence-electron chi connectivity index (χ0n) is 8.30. The summed E-state index contributed by atoms with van der Waals surface area (Å²) >= 11 is 3.43. The van der Waals surface area contributed by atoms with Crippen molar-refractivity contribution in [2.75, 3.05) is 0 Å². The van der Waals surface area contributed by atoms with E-state index in [9.17, 15) is 4.39 Å². The van der Waals surface area contributed by atoms with Crippen LogP contribution in [0.5, 0.6) is 0 Å². The molecule has 0 unspecified atom stereocenters. The minimum absolute atomic E-state index is 0.149. The molecule has 0 fully saturated rings. The lowest BCUT2D eigenvalue weighted by Gasteiger charge is -2.07. The molecule has 76 valence electrons. The van der Waals surface area contributed by atoms with Gasteiger partial charge in [0, 0.05) is 10.0 Å². The predicted molar refractivity (Wildman–Crippen MR) is 64.3 cm³/mol. The molecule has 2 aromatic carbocycles. The van der Waals surface area contributed by atoms with Gasteiger partial charge < -0.3 is 0 Å². The first-order valence-electron chi connectivity index (χ1n) is 4.70. The lowest BCUT2D eigenvalue weighted by atomic mass is 10.0. The van der Waals surface area contributed by atoms with Gasteiger partial charge in [0.1, 0.15) is 5.82 Å². The van der Waals surface area contributed by atoms with Crippen molar-refractivity contribution in [2.45, 2.75) is 6.92 Å². The van der Waals surface area contributed by atoms with E-state index < -0.39 is 0 Å². The third-order valence-corrected chi connectivity index (χ3v) is 3.05. The Balaban J connectivity index is 2.65. The highest BCUT2D eigenvalue weighted by atomic mass is 79.9. The Hall–Kier alpha value is -1.15. The number of halogens is 2. The van der Waals surface area contributed by atoms with Crippen LogP contribution in [0.4, 0.5) is 4.39 Å². The summed E-state index contributed by atoms with van der Waals surface area (Å²) in [5.74, 6) is -0.149. The monoisotopic (exact) mass is 264 g/mol. The van der Waals surface area contributed by atoms with Crippen molar-refractivity contribution >= 4 is 15.9 Å². The molecular formula is C13H10BrF. The number of rotatable bonds is 1. The van der Waals surface area contributed by atoms with Gasteiger partial charge in [-0.1, -0.05) is 52.3 Å². The van der Waals surface area contributed by atoms with Crippen LogP contribution < -0.4 is 0 Å². The van der Waals surface area contributed by atoms with Gasteiger partial charge in [-0.3, -0.25) is 0 Å². The van der Waals surface area contributed by atoms with Crippen molar-refractivity contribution < 1.29 is 4.39 Å². The van der Waals surface area contributed by atoms with Gasteiger partial charge >= 0.3 is 0 Å². The highest BCUT2D eigenvalue weighted by Crippen LogP contribution is 2.30. The van der Waals surface area contributed by atoms with Gasteiger partial charge in [-0.15, -0.1) is 0 Å². The van der Waals surface area contributed by atoms with Crippen molar-refractivity contribution in [3.63, 3.8) is 0 Å². The van der Waals surface area contributed by atoms with Crippen LogP contribution in [0.2, 0.25) is 0 Å². The molecule has 0 aliphatic carbocycles. The predicted octanol–water partition coefficient (Wildman–Crippen LogP) is 4.56. The number of hydrogen-bond donors (Lipinski definition) is 0. The summed E-state index contributed by atoms with van der Waals surface area (Å²) in [7, 11) is 0. The normalized spacial score (nSPS) is 10.3. The van der Waals surface area contributed by atoms with Gasteiger partial charge in [-0.05, 0) is 24.1 Å². The van der Waals surface area contributed by atoms with E-state index in [0.717, 1.165) is 10.0 Å². The fourth-order valence-electron chi connectivity index (χ4n) is 1.54. The maximum atomic E-state index is 13.8. The summed E-state index contributed by atoms with van der Waals surface area (Å²) in [6.45, 7) is 1.77. The molecule has 0 atom stereocenters. The fraction of sp³-hybridized carbons (Fsp3) is 0.0769. The van der Waals surface area contributed by atoms with Gasteiger partial charge in [-0.25, -0.2) is 4.39 Å². The molecule has 0 amide bonds. The minimum Gasteiger partial charge on any atom is -0.206 e. The van der Waals surface area contributed by atoms with E-state index in [1.54, 1.807) is 19.1 Å². The van der Waals surface area contributed by atoms with Crippen LogP contribution in [0.15, 0.2) is 46.9 Å². The quantitative estimate of drug-likeness (QED) is 0.708. The number of benzene rings is 2. The molecule has 0 spiro atoms. The second-order valence-electron chi connectivity index (χ2n) is 3.42. The second kappa shape index (κ2) is 4.15. The van der Waals surface area contributed by atoms with E-state index >= 15 is 0 Å². The summed E-state index contributed by atoms with van der Waals surface area (Å²) in [4.78, 5) is 0. The van der Waals surface area contributed by atoms with Crippen LogP contribution in [-0.2, 0) is 0 Å². The van der Waals surface area contributed by atoms with Crippen LogP contribution in [0.3, 0.4) is 0 Å². The summed E-state index contributed by atoms with van der Waals surface area (Å²) in [5, 5.41) is 0. The average molecular weight is 265 g/mol. The zero-order chi connectivity index (χ0) is 10.8. The van der Waals surface area contributed by atoms with Gasteiger partial charge in [0.15, 0.2) is 0 Å². The number of aryl methyl sites for hydroxylation is 1. The van der Waals surface area contributed by atoms with Crippen LogP contribution in [-0.4, -0.2) is 0 Å². The Labute approximate surface area is 96.9 Å². The molecule has 0 aliphatic rings. The van der Waals surface area contributed by atoms with E-state index in [-0.39, 0.29) is 5.82 Å². The van der Waals surface area contributed by atoms with Crippen LogP contribution in [0.1, 0.15) is 5.56 Å². The molecule has 0 bridgehead atoms. The first-order chi connectivity index (χ1) is 7.20. The first kappa shape index (κ1) is 10.4. The Bertz CT molecular complexity index is 492. The molecule has 2 aromatic rings. The van der Waals surface area contributed by atoms with E-state index in [1.807, 2.05) is 30.3 Å². The highest BCUT2D eigenvalue weighted by Gasteiger charge is 2.08. The molecule has 0 N–H and O–H groups in total. The molecular weight excluding hydrogens is 255 g/mol. The van der Waals surface area contributed by atoms with Gasteiger partial charge in [0.25, 0.3) is 0 Å². The highest BCUT2D eigenvalue weighted by molar-refractivity contribution is 9.10. The van der Waals surface area contributed by atoms with Crippen molar-refractivity contribution in [3.8, 4) is 11.1 Å². The Kier molecular flexibility index (Phi) is 2.87. The Morgan fingerprint density at radius 3 is 2.33 bits per heavy atom. The average Bonchev–Trinajstić information content (AvgIpc) is 2.23. The molecule has 0 heterocycles. The molecule has 0 saturated carbocycles. The molecule has 0 radical (unpaired) electrons. The minimum atomic E-state index is -0.149. The molecule has 0 aliphatic heterocycles. The first-order valence-corrected chi connectivity index (χ1v) is 5.49. The molecule has 0 nitrogen and oxygen atoms in total. The van der Waals surface area contributed by atoms with E-state index in [4.69, 9.17) is 0 Å². The standard InChI is InChI=1S/C13H10BrF/c1-9-5-4-7-11(13(9)15)10-6-2-3-8-12(10)14/h2-8H,1H3. The van der Waals surface area contributed by atoms with E-state index in [2.05, 4.69) is 15.9 Å². The Morgan fingerprint density at radius 2 is 1.60 bits per heavy atom. The summed E-state index contributed by atoms with van der Waals surface area (Å²) in [5.41, 5.74) is 2.20. The lowest BCUT2D eigenvalue weighted by Crippen LogP contribution is -1.88. The second-order valence-corrected chi connectivity index (χ2v) is 4.27. The topological polar surface area (TPSA) is 0 Å². The van der Waals surface area contributed by atoms with Crippen LogP contribution in [0.25, 0.3) is 11.1 Å². The largest absolute Gasteiger partial charge is 0.206 e. The van der Waals surface area contributed by atoms with Crippen molar-refractivity contribution in [2.24, 2.45) is 0 Å². The van der Waals surface area contributed by atoms with Crippen molar-refractivity contribution in [1.82, 2.24) is 0 Å².